The van der Waals surface area contributed by atoms with E-state index in [2.05, 4.69) is 37.8 Å². The number of hydrogen-bond donors (Lipinski definition) is 1. The minimum Gasteiger partial charge on any atom is -0.397 e. The zero-order valence-corrected chi connectivity index (χ0v) is 10.6. The number of rotatable bonds is 3. The van der Waals surface area contributed by atoms with Crippen molar-refractivity contribution in [3.05, 3.63) is 23.8 Å². The van der Waals surface area contributed by atoms with Crippen molar-refractivity contribution in [2.45, 2.75) is 33.6 Å². The Hall–Kier alpha value is -1.18. The smallest absolute Gasteiger partial charge is 0.0602 e. The van der Waals surface area contributed by atoms with Gasteiger partial charge < -0.3 is 10.6 Å². The van der Waals surface area contributed by atoms with E-state index in [9.17, 15) is 0 Å². The Kier molecular flexibility index (Phi) is 2.83. The van der Waals surface area contributed by atoms with Gasteiger partial charge in [0.05, 0.1) is 11.4 Å². The summed E-state index contributed by atoms with van der Waals surface area (Å²) in [6.45, 7) is 9.03. The maximum absolute atomic E-state index is 6.03. The lowest BCUT2D eigenvalue weighted by Crippen LogP contribution is -2.56. The van der Waals surface area contributed by atoms with Crippen LogP contribution >= 0.6 is 0 Å². The van der Waals surface area contributed by atoms with Crippen LogP contribution in [0.2, 0.25) is 0 Å². The molecule has 1 aromatic carbocycles. The van der Waals surface area contributed by atoms with Crippen LogP contribution in [0.3, 0.4) is 0 Å². The van der Waals surface area contributed by atoms with Crippen molar-refractivity contribution in [2.24, 2.45) is 5.41 Å². The molecular formula is C14H22N2. The molecule has 0 aromatic heterocycles. The van der Waals surface area contributed by atoms with Crippen LogP contribution in [0.5, 0.6) is 0 Å². The Balaban J connectivity index is 2.14. The standard InChI is InChI=1S/C14H22N2/c1-4-14(5-2)9-16(10-14)13-8-11(3)6-7-12(13)15/h6-8H,4-5,9-10,15H2,1-3H3. The summed E-state index contributed by atoms with van der Waals surface area (Å²) >= 11 is 0. The Morgan fingerprint density at radius 3 is 2.44 bits per heavy atom. The van der Waals surface area contributed by atoms with Crippen LogP contribution < -0.4 is 10.6 Å². The first kappa shape index (κ1) is 11.3. The molecule has 0 radical (unpaired) electrons. The number of anilines is 2. The van der Waals surface area contributed by atoms with E-state index >= 15 is 0 Å². The largest absolute Gasteiger partial charge is 0.397 e. The third-order valence-corrected chi connectivity index (χ3v) is 4.08. The normalized spacial score (nSPS) is 18.3. The van der Waals surface area contributed by atoms with E-state index in [1.54, 1.807) is 0 Å². The lowest BCUT2D eigenvalue weighted by Gasteiger charge is -2.51. The van der Waals surface area contributed by atoms with E-state index in [-0.39, 0.29) is 0 Å². The van der Waals surface area contributed by atoms with Gasteiger partial charge in [0.25, 0.3) is 0 Å². The predicted molar refractivity (Wildman–Crippen MR) is 70.8 cm³/mol. The van der Waals surface area contributed by atoms with Gasteiger partial charge in [-0.05, 0) is 37.5 Å². The van der Waals surface area contributed by atoms with Crippen LogP contribution in [-0.2, 0) is 0 Å². The fourth-order valence-electron chi connectivity index (χ4n) is 2.56. The molecule has 2 rings (SSSR count). The van der Waals surface area contributed by atoms with Crippen LogP contribution in [0.1, 0.15) is 32.3 Å². The monoisotopic (exact) mass is 218 g/mol. The Morgan fingerprint density at radius 1 is 1.25 bits per heavy atom. The summed E-state index contributed by atoms with van der Waals surface area (Å²) in [5, 5.41) is 0. The predicted octanol–water partition coefficient (Wildman–Crippen LogP) is 3.20. The van der Waals surface area contributed by atoms with Crippen LogP contribution in [0.25, 0.3) is 0 Å². The number of nitrogen functional groups attached to an aromatic ring is 1. The molecule has 0 atom stereocenters. The molecular weight excluding hydrogens is 196 g/mol. The van der Waals surface area contributed by atoms with Crippen molar-refractivity contribution in [3.63, 3.8) is 0 Å². The van der Waals surface area contributed by atoms with Gasteiger partial charge in [0.15, 0.2) is 0 Å². The topological polar surface area (TPSA) is 29.3 Å². The quantitative estimate of drug-likeness (QED) is 0.789. The summed E-state index contributed by atoms with van der Waals surface area (Å²) in [7, 11) is 0. The summed E-state index contributed by atoms with van der Waals surface area (Å²) in [6, 6.07) is 6.29. The summed E-state index contributed by atoms with van der Waals surface area (Å²) in [5.74, 6) is 0. The van der Waals surface area contributed by atoms with Crippen molar-refractivity contribution in [3.8, 4) is 0 Å². The molecule has 1 heterocycles. The fraction of sp³-hybridized carbons (Fsp3) is 0.571. The summed E-state index contributed by atoms with van der Waals surface area (Å²) in [4.78, 5) is 2.41. The SMILES string of the molecule is CCC1(CC)CN(c2cc(C)ccc2N)C1. The van der Waals surface area contributed by atoms with Crippen LogP contribution in [0, 0.1) is 12.3 Å². The first-order valence-corrected chi connectivity index (χ1v) is 6.21. The molecule has 1 saturated heterocycles. The minimum atomic E-state index is 0.538. The molecule has 0 unspecified atom stereocenters. The van der Waals surface area contributed by atoms with Crippen LogP contribution in [0.15, 0.2) is 18.2 Å². The second-order valence-electron chi connectivity index (χ2n) is 5.13. The van der Waals surface area contributed by atoms with Gasteiger partial charge in [-0.25, -0.2) is 0 Å². The summed E-state index contributed by atoms with van der Waals surface area (Å²) in [5.41, 5.74) is 9.98. The molecule has 1 aromatic rings. The van der Waals surface area contributed by atoms with E-state index in [1.165, 1.54) is 24.1 Å². The lowest BCUT2D eigenvalue weighted by atomic mass is 9.75. The Bertz CT molecular complexity index is 372. The highest BCUT2D eigenvalue weighted by Crippen LogP contribution is 2.41. The first-order valence-electron chi connectivity index (χ1n) is 6.21. The summed E-state index contributed by atoms with van der Waals surface area (Å²) < 4.78 is 0. The molecule has 88 valence electrons. The second kappa shape index (κ2) is 4.00. The Labute approximate surface area is 98.4 Å². The number of aryl methyl sites for hydroxylation is 1. The van der Waals surface area contributed by atoms with Gasteiger partial charge in [-0.1, -0.05) is 19.9 Å². The molecule has 1 fully saturated rings. The molecule has 16 heavy (non-hydrogen) atoms. The molecule has 2 N–H and O–H groups in total. The van der Waals surface area contributed by atoms with Gasteiger partial charge in [-0.15, -0.1) is 0 Å². The average molecular weight is 218 g/mol. The third kappa shape index (κ3) is 1.77. The Morgan fingerprint density at radius 2 is 1.88 bits per heavy atom. The highest BCUT2D eigenvalue weighted by atomic mass is 15.2. The molecule has 0 saturated carbocycles. The number of nitrogens with two attached hydrogens (primary N) is 1. The zero-order valence-electron chi connectivity index (χ0n) is 10.6. The van der Waals surface area contributed by atoms with Crippen molar-refractivity contribution >= 4 is 11.4 Å². The van der Waals surface area contributed by atoms with E-state index in [1.807, 2.05) is 6.07 Å². The van der Waals surface area contributed by atoms with E-state index < -0.39 is 0 Å². The van der Waals surface area contributed by atoms with Crippen molar-refractivity contribution in [1.82, 2.24) is 0 Å². The summed E-state index contributed by atoms with van der Waals surface area (Å²) in [6.07, 6.45) is 2.54. The number of benzene rings is 1. The van der Waals surface area contributed by atoms with E-state index in [0.29, 0.717) is 5.41 Å². The van der Waals surface area contributed by atoms with Crippen molar-refractivity contribution in [1.29, 1.82) is 0 Å². The van der Waals surface area contributed by atoms with Crippen LogP contribution in [-0.4, -0.2) is 13.1 Å². The molecule has 0 aliphatic carbocycles. The molecule has 0 amide bonds. The highest BCUT2D eigenvalue weighted by Gasteiger charge is 2.40. The average Bonchev–Trinajstić information content (AvgIpc) is 2.23. The highest BCUT2D eigenvalue weighted by molar-refractivity contribution is 5.69. The lowest BCUT2D eigenvalue weighted by molar-refractivity contribution is 0.195. The first-order chi connectivity index (χ1) is 7.60. The number of hydrogen-bond acceptors (Lipinski definition) is 2. The molecule has 1 aliphatic heterocycles. The van der Waals surface area contributed by atoms with Gasteiger partial charge in [0.1, 0.15) is 0 Å². The molecule has 0 bridgehead atoms. The molecule has 2 nitrogen and oxygen atoms in total. The maximum Gasteiger partial charge on any atom is 0.0602 e. The van der Waals surface area contributed by atoms with Crippen LogP contribution in [0.4, 0.5) is 11.4 Å². The minimum absolute atomic E-state index is 0.538. The van der Waals surface area contributed by atoms with Crippen molar-refractivity contribution in [2.75, 3.05) is 23.7 Å². The van der Waals surface area contributed by atoms with Gasteiger partial charge in [0, 0.05) is 18.5 Å². The van der Waals surface area contributed by atoms with E-state index in [0.717, 1.165) is 18.8 Å². The second-order valence-corrected chi connectivity index (χ2v) is 5.13. The van der Waals surface area contributed by atoms with Gasteiger partial charge >= 0.3 is 0 Å². The van der Waals surface area contributed by atoms with Gasteiger partial charge in [-0.3, -0.25) is 0 Å². The maximum atomic E-state index is 6.03. The molecule has 1 aliphatic rings. The van der Waals surface area contributed by atoms with Crippen molar-refractivity contribution < 1.29 is 0 Å². The van der Waals surface area contributed by atoms with Gasteiger partial charge in [-0.2, -0.15) is 0 Å². The number of nitrogens with zero attached hydrogens (tertiary/aromatic N) is 1. The fourth-order valence-corrected chi connectivity index (χ4v) is 2.56. The third-order valence-electron chi connectivity index (χ3n) is 4.08. The van der Waals surface area contributed by atoms with E-state index in [4.69, 9.17) is 5.73 Å². The molecule has 2 heteroatoms. The zero-order chi connectivity index (χ0) is 11.8. The van der Waals surface area contributed by atoms with Gasteiger partial charge in [0.2, 0.25) is 0 Å². The molecule has 0 spiro atoms.